The summed E-state index contributed by atoms with van der Waals surface area (Å²) >= 11 is 0. The van der Waals surface area contributed by atoms with Gasteiger partial charge in [-0.3, -0.25) is 0 Å². The van der Waals surface area contributed by atoms with E-state index in [1.165, 1.54) is 0 Å². The molecule has 0 saturated heterocycles. The number of para-hydroxylation sites is 1. The van der Waals surface area contributed by atoms with E-state index in [1.54, 1.807) is 0 Å². The van der Waals surface area contributed by atoms with E-state index in [1.807, 2.05) is 36.4 Å². The lowest BCUT2D eigenvalue weighted by molar-refractivity contribution is 0.667. The number of hydrogen-bond acceptors (Lipinski definition) is 3. The summed E-state index contributed by atoms with van der Waals surface area (Å²) in [6, 6.07) is 45.6. The Morgan fingerprint density at radius 2 is 1.08 bits per heavy atom. The molecule has 0 atom stereocenters. The lowest BCUT2D eigenvalue weighted by Gasteiger charge is -2.12. The molecular weight excluding hydrogens is 452 g/mol. The van der Waals surface area contributed by atoms with E-state index in [0.717, 1.165) is 55.6 Å². The maximum atomic E-state index is 6.39. The molecule has 37 heavy (non-hydrogen) atoms. The van der Waals surface area contributed by atoms with Crippen LogP contribution in [0.15, 0.2) is 138 Å². The van der Waals surface area contributed by atoms with Gasteiger partial charge in [0.25, 0.3) is 0 Å². The Hall–Kier alpha value is -5.02. The molecule has 0 radical (unpaired) electrons. The van der Waals surface area contributed by atoms with Gasteiger partial charge in [-0.2, -0.15) is 0 Å². The van der Waals surface area contributed by atoms with Crippen molar-refractivity contribution in [2.45, 2.75) is 0 Å². The number of aromatic nitrogens is 2. The van der Waals surface area contributed by atoms with E-state index in [4.69, 9.17) is 14.4 Å². The van der Waals surface area contributed by atoms with Crippen molar-refractivity contribution in [3.63, 3.8) is 0 Å². The molecule has 0 aliphatic heterocycles. The van der Waals surface area contributed by atoms with E-state index in [0.29, 0.717) is 11.4 Å². The van der Waals surface area contributed by atoms with Crippen LogP contribution in [-0.2, 0) is 0 Å². The van der Waals surface area contributed by atoms with Crippen molar-refractivity contribution in [2.24, 2.45) is 0 Å². The molecule has 7 rings (SSSR count). The zero-order valence-corrected chi connectivity index (χ0v) is 20.0. The fourth-order valence-electron chi connectivity index (χ4n) is 4.93. The van der Waals surface area contributed by atoms with Gasteiger partial charge in [-0.15, -0.1) is 0 Å². The van der Waals surface area contributed by atoms with Gasteiger partial charge in [-0.25, -0.2) is 9.97 Å². The highest BCUT2D eigenvalue weighted by Gasteiger charge is 2.20. The van der Waals surface area contributed by atoms with E-state index in [9.17, 15) is 0 Å². The fourth-order valence-corrected chi connectivity index (χ4v) is 4.93. The van der Waals surface area contributed by atoms with Crippen molar-refractivity contribution < 1.29 is 4.42 Å². The highest BCUT2D eigenvalue weighted by Crippen LogP contribution is 2.39. The largest absolute Gasteiger partial charge is 0.452 e. The Kier molecular flexibility index (Phi) is 5.11. The Morgan fingerprint density at radius 3 is 1.89 bits per heavy atom. The molecule has 2 aromatic heterocycles. The van der Waals surface area contributed by atoms with Gasteiger partial charge < -0.3 is 4.42 Å². The molecule has 2 heterocycles. The molecule has 3 heteroatoms. The number of hydrogen-bond donors (Lipinski definition) is 0. The lowest BCUT2D eigenvalue weighted by Crippen LogP contribution is -1.95. The van der Waals surface area contributed by atoms with Gasteiger partial charge in [-0.1, -0.05) is 115 Å². The van der Waals surface area contributed by atoms with Crippen LogP contribution in [0.4, 0.5) is 0 Å². The summed E-state index contributed by atoms with van der Waals surface area (Å²) in [6.45, 7) is 0. The quantitative estimate of drug-likeness (QED) is 0.255. The molecular formula is C34H22N2O. The second kappa shape index (κ2) is 8.89. The number of benzene rings is 5. The molecule has 0 unspecified atom stereocenters. The second-order valence-corrected chi connectivity index (χ2v) is 9.03. The SMILES string of the molecule is c1ccc(-c2cccc(-c3nc(-c4ccccc4-c4ccccc4)c4oc5ccccc5c4n3)c2)cc1. The van der Waals surface area contributed by atoms with Crippen LogP contribution in [-0.4, -0.2) is 9.97 Å². The first-order valence-electron chi connectivity index (χ1n) is 12.4. The first-order valence-corrected chi connectivity index (χ1v) is 12.4. The molecule has 0 spiro atoms. The van der Waals surface area contributed by atoms with E-state index in [-0.39, 0.29) is 0 Å². The molecule has 0 saturated carbocycles. The van der Waals surface area contributed by atoms with Crippen molar-refractivity contribution in [3.8, 4) is 44.9 Å². The Balaban J connectivity index is 1.51. The first kappa shape index (κ1) is 21.3. The molecule has 3 nitrogen and oxygen atoms in total. The average Bonchev–Trinajstić information content (AvgIpc) is 3.36. The van der Waals surface area contributed by atoms with Crippen molar-refractivity contribution >= 4 is 22.1 Å². The summed E-state index contributed by atoms with van der Waals surface area (Å²) < 4.78 is 6.39. The summed E-state index contributed by atoms with van der Waals surface area (Å²) in [5, 5.41) is 0.985. The first-order chi connectivity index (χ1) is 18.3. The third kappa shape index (κ3) is 3.78. The summed E-state index contributed by atoms with van der Waals surface area (Å²) in [5.41, 5.74) is 9.63. The monoisotopic (exact) mass is 474 g/mol. The van der Waals surface area contributed by atoms with Gasteiger partial charge in [0.05, 0.1) is 0 Å². The second-order valence-electron chi connectivity index (χ2n) is 9.03. The maximum Gasteiger partial charge on any atom is 0.180 e. The predicted molar refractivity (Wildman–Crippen MR) is 151 cm³/mol. The Morgan fingerprint density at radius 1 is 0.459 bits per heavy atom. The summed E-state index contributed by atoms with van der Waals surface area (Å²) in [7, 11) is 0. The maximum absolute atomic E-state index is 6.39. The molecule has 0 fully saturated rings. The summed E-state index contributed by atoms with van der Waals surface area (Å²) in [5.74, 6) is 0.676. The number of furan rings is 1. The Bertz CT molecular complexity index is 1870. The van der Waals surface area contributed by atoms with Crippen molar-refractivity contribution in [3.05, 3.63) is 133 Å². The van der Waals surface area contributed by atoms with Gasteiger partial charge in [-0.05, 0) is 40.5 Å². The minimum absolute atomic E-state index is 0.676. The summed E-state index contributed by atoms with van der Waals surface area (Å²) in [6.07, 6.45) is 0. The molecule has 0 aliphatic carbocycles. The normalized spacial score (nSPS) is 11.2. The number of fused-ring (bicyclic) bond motifs is 3. The molecule has 0 amide bonds. The van der Waals surface area contributed by atoms with Crippen LogP contribution in [0.2, 0.25) is 0 Å². The minimum atomic E-state index is 0.676. The number of rotatable bonds is 4. The molecule has 0 bridgehead atoms. The van der Waals surface area contributed by atoms with Gasteiger partial charge in [0.1, 0.15) is 16.8 Å². The fraction of sp³-hybridized carbons (Fsp3) is 0. The Labute approximate surface area is 214 Å². The highest BCUT2D eigenvalue weighted by molar-refractivity contribution is 6.08. The molecule has 174 valence electrons. The van der Waals surface area contributed by atoms with Crippen molar-refractivity contribution in [2.75, 3.05) is 0 Å². The van der Waals surface area contributed by atoms with Gasteiger partial charge >= 0.3 is 0 Å². The molecule has 5 aromatic carbocycles. The van der Waals surface area contributed by atoms with Crippen LogP contribution < -0.4 is 0 Å². The topological polar surface area (TPSA) is 38.9 Å². The standard InChI is InChI=1S/C34H22N2O/c1-3-12-23(13-4-1)25-16-11-17-26(22-25)34-35-31(33-32(36-34)29-20-9-10-21-30(29)37-33)28-19-8-7-18-27(28)24-14-5-2-6-15-24/h1-22H. The zero-order chi connectivity index (χ0) is 24.6. The highest BCUT2D eigenvalue weighted by atomic mass is 16.3. The van der Waals surface area contributed by atoms with Crippen LogP contribution >= 0.6 is 0 Å². The van der Waals surface area contributed by atoms with E-state index >= 15 is 0 Å². The zero-order valence-electron chi connectivity index (χ0n) is 20.0. The molecule has 7 aromatic rings. The van der Waals surface area contributed by atoms with Crippen LogP contribution in [0.1, 0.15) is 0 Å². The van der Waals surface area contributed by atoms with Crippen molar-refractivity contribution in [1.82, 2.24) is 9.97 Å². The van der Waals surface area contributed by atoms with Crippen LogP contribution in [0.5, 0.6) is 0 Å². The molecule has 0 aliphatic rings. The third-order valence-corrected chi connectivity index (χ3v) is 6.71. The van der Waals surface area contributed by atoms with Gasteiger partial charge in [0.15, 0.2) is 11.4 Å². The lowest BCUT2D eigenvalue weighted by atomic mass is 9.97. The van der Waals surface area contributed by atoms with E-state index < -0.39 is 0 Å². The van der Waals surface area contributed by atoms with Gasteiger partial charge in [0, 0.05) is 16.5 Å². The third-order valence-electron chi connectivity index (χ3n) is 6.71. The predicted octanol–water partition coefficient (Wildman–Crippen LogP) is 9.04. The van der Waals surface area contributed by atoms with Crippen molar-refractivity contribution in [1.29, 1.82) is 0 Å². The van der Waals surface area contributed by atoms with Crippen LogP contribution in [0.3, 0.4) is 0 Å². The smallest absolute Gasteiger partial charge is 0.180 e. The minimum Gasteiger partial charge on any atom is -0.452 e. The molecule has 0 N–H and O–H groups in total. The number of nitrogens with zero attached hydrogens (tertiary/aromatic N) is 2. The average molecular weight is 475 g/mol. The summed E-state index contributed by atoms with van der Waals surface area (Å²) in [4.78, 5) is 10.2. The van der Waals surface area contributed by atoms with E-state index in [2.05, 4.69) is 97.1 Å². The van der Waals surface area contributed by atoms with Crippen LogP contribution in [0, 0.1) is 0 Å². The van der Waals surface area contributed by atoms with Crippen LogP contribution in [0.25, 0.3) is 67.0 Å². The van der Waals surface area contributed by atoms with Gasteiger partial charge in [0.2, 0.25) is 0 Å².